The van der Waals surface area contributed by atoms with Crippen molar-refractivity contribution in [3.63, 3.8) is 0 Å². The first-order chi connectivity index (χ1) is 9.54. The van der Waals surface area contributed by atoms with E-state index < -0.39 is 0 Å². The van der Waals surface area contributed by atoms with Gasteiger partial charge in [0.25, 0.3) is 0 Å². The molecule has 4 heteroatoms. The number of hydrogen-bond acceptors (Lipinski definition) is 3. The summed E-state index contributed by atoms with van der Waals surface area (Å²) >= 11 is 0. The van der Waals surface area contributed by atoms with Gasteiger partial charge in [0.15, 0.2) is 0 Å². The second kappa shape index (κ2) is 5.09. The normalized spacial score (nSPS) is 23.8. The minimum absolute atomic E-state index is 0.493. The lowest BCUT2D eigenvalue weighted by atomic mass is 10.1. The first-order valence-corrected chi connectivity index (χ1v) is 7.53. The lowest BCUT2D eigenvalue weighted by molar-refractivity contribution is 0.405. The summed E-state index contributed by atoms with van der Waals surface area (Å²) in [6.07, 6.45) is 2.09. The number of nitrogens with one attached hydrogen (secondary N) is 2. The van der Waals surface area contributed by atoms with Gasteiger partial charge >= 0.3 is 0 Å². The van der Waals surface area contributed by atoms with Crippen LogP contribution in [0.1, 0.15) is 39.2 Å². The van der Waals surface area contributed by atoms with E-state index in [2.05, 4.69) is 61.2 Å². The van der Waals surface area contributed by atoms with Crippen LogP contribution in [0, 0.1) is 0 Å². The number of anilines is 1. The Bertz CT molecular complexity index is 592. The molecule has 1 saturated heterocycles. The fourth-order valence-corrected chi connectivity index (χ4v) is 3.14. The molecule has 1 fully saturated rings. The molecule has 2 aromatic heterocycles. The molecule has 3 rings (SSSR count). The van der Waals surface area contributed by atoms with E-state index in [1.807, 2.05) is 0 Å². The molecular formula is C16H24N4. The molecule has 0 amide bonds. The highest BCUT2D eigenvalue weighted by molar-refractivity contribution is 5.81. The van der Waals surface area contributed by atoms with Crippen molar-refractivity contribution < 1.29 is 0 Å². The zero-order chi connectivity index (χ0) is 14.3. The van der Waals surface area contributed by atoms with Gasteiger partial charge in [-0.15, -0.1) is 0 Å². The average Bonchev–Trinajstić information content (AvgIpc) is 2.80. The largest absolute Gasteiger partial charge is 0.360 e. The number of aromatic amines is 1. The lowest BCUT2D eigenvalue weighted by Gasteiger charge is -2.37. The third kappa shape index (κ3) is 2.40. The van der Waals surface area contributed by atoms with Gasteiger partial charge in [0.2, 0.25) is 0 Å². The maximum atomic E-state index is 4.92. The fourth-order valence-electron chi connectivity index (χ4n) is 3.14. The first kappa shape index (κ1) is 13.4. The lowest BCUT2D eigenvalue weighted by Crippen LogP contribution is -2.54. The smallest absolute Gasteiger partial charge is 0.129 e. The van der Waals surface area contributed by atoms with E-state index in [4.69, 9.17) is 4.98 Å². The first-order valence-electron chi connectivity index (χ1n) is 7.53. The molecule has 0 spiro atoms. The second-order valence-electron chi connectivity index (χ2n) is 6.34. The summed E-state index contributed by atoms with van der Waals surface area (Å²) in [5.74, 6) is 1.59. The highest BCUT2D eigenvalue weighted by atomic mass is 15.3. The minimum Gasteiger partial charge on any atom is -0.360 e. The molecule has 2 N–H and O–H groups in total. The molecule has 1 aliphatic heterocycles. The van der Waals surface area contributed by atoms with Crippen molar-refractivity contribution in [2.75, 3.05) is 18.0 Å². The molecule has 0 aromatic carbocycles. The molecule has 20 heavy (non-hydrogen) atoms. The van der Waals surface area contributed by atoms with Gasteiger partial charge in [-0.3, -0.25) is 0 Å². The Balaban J connectivity index is 1.97. The molecule has 1 aliphatic rings. The van der Waals surface area contributed by atoms with Crippen LogP contribution < -0.4 is 10.2 Å². The summed E-state index contributed by atoms with van der Waals surface area (Å²) in [5.41, 5.74) is 3.56. The number of pyridine rings is 1. The van der Waals surface area contributed by atoms with Crippen molar-refractivity contribution in [3.8, 4) is 0 Å². The number of hydrogen-bond donors (Lipinski definition) is 2. The van der Waals surface area contributed by atoms with E-state index in [1.54, 1.807) is 0 Å². The van der Waals surface area contributed by atoms with Crippen molar-refractivity contribution in [3.05, 3.63) is 23.9 Å². The second-order valence-corrected chi connectivity index (χ2v) is 6.34. The average molecular weight is 272 g/mol. The Morgan fingerprint density at radius 1 is 1.20 bits per heavy atom. The molecule has 108 valence electrons. The van der Waals surface area contributed by atoms with Crippen LogP contribution >= 0.6 is 0 Å². The number of aromatic nitrogens is 2. The Labute approximate surface area is 120 Å². The van der Waals surface area contributed by atoms with Gasteiger partial charge in [0.05, 0.1) is 11.0 Å². The molecule has 2 aromatic rings. The minimum atomic E-state index is 0.493. The van der Waals surface area contributed by atoms with Crippen LogP contribution in [0.5, 0.6) is 0 Å². The summed E-state index contributed by atoms with van der Waals surface area (Å²) < 4.78 is 0. The molecule has 0 bridgehead atoms. The molecule has 0 saturated carbocycles. The topological polar surface area (TPSA) is 44.0 Å². The van der Waals surface area contributed by atoms with Gasteiger partial charge in [-0.1, -0.05) is 13.8 Å². The van der Waals surface area contributed by atoms with Gasteiger partial charge in [-0.25, -0.2) is 4.98 Å². The molecular weight excluding hydrogens is 248 g/mol. The van der Waals surface area contributed by atoms with Crippen LogP contribution in [0.2, 0.25) is 0 Å². The number of piperazine rings is 1. The monoisotopic (exact) mass is 272 g/mol. The Kier molecular flexibility index (Phi) is 3.42. The van der Waals surface area contributed by atoms with Crippen LogP contribution in [0.3, 0.4) is 0 Å². The number of fused-ring (bicyclic) bond motifs is 1. The van der Waals surface area contributed by atoms with E-state index in [9.17, 15) is 0 Å². The molecule has 4 nitrogen and oxygen atoms in total. The summed E-state index contributed by atoms with van der Waals surface area (Å²) in [5, 5.41) is 3.57. The molecule has 0 radical (unpaired) electrons. The summed E-state index contributed by atoms with van der Waals surface area (Å²) in [6.45, 7) is 10.9. The van der Waals surface area contributed by atoms with E-state index >= 15 is 0 Å². The Morgan fingerprint density at radius 3 is 2.55 bits per heavy atom. The van der Waals surface area contributed by atoms with E-state index in [-0.39, 0.29) is 0 Å². The Morgan fingerprint density at radius 2 is 1.90 bits per heavy atom. The van der Waals surface area contributed by atoms with Crippen LogP contribution in [-0.2, 0) is 0 Å². The highest BCUT2D eigenvalue weighted by Crippen LogP contribution is 2.26. The zero-order valence-electron chi connectivity index (χ0n) is 12.8. The summed E-state index contributed by atoms with van der Waals surface area (Å²) in [7, 11) is 0. The van der Waals surface area contributed by atoms with Crippen LogP contribution in [-0.4, -0.2) is 35.1 Å². The standard InChI is InChI=1S/C16H24N4/c1-10(2)13-7-17-14-5-6-15(19-16(13)14)20-8-11(3)18-12(4)9-20/h5-7,10-12,17-18H,8-9H2,1-4H3. The third-order valence-corrected chi connectivity index (χ3v) is 4.04. The van der Waals surface area contributed by atoms with Gasteiger partial charge < -0.3 is 15.2 Å². The molecule has 2 atom stereocenters. The number of H-pyrrole nitrogens is 1. The fraction of sp³-hybridized carbons (Fsp3) is 0.562. The van der Waals surface area contributed by atoms with E-state index in [0.717, 1.165) is 29.9 Å². The van der Waals surface area contributed by atoms with Crippen LogP contribution in [0.25, 0.3) is 11.0 Å². The van der Waals surface area contributed by atoms with Gasteiger partial charge in [-0.05, 0) is 37.5 Å². The van der Waals surface area contributed by atoms with Gasteiger partial charge in [-0.2, -0.15) is 0 Å². The van der Waals surface area contributed by atoms with Gasteiger partial charge in [0.1, 0.15) is 5.82 Å². The quantitative estimate of drug-likeness (QED) is 0.883. The zero-order valence-corrected chi connectivity index (χ0v) is 12.8. The predicted molar refractivity (Wildman–Crippen MR) is 84.5 cm³/mol. The van der Waals surface area contributed by atoms with Crippen LogP contribution in [0.15, 0.2) is 18.3 Å². The van der Waals surface area contributed by atoms with Crippen LogP contribution in [0.4, 0.5) is 5.82 Å². The van der Waals surface area contributed by atoms with Crippen molar-refractivity contribution >= 4 is 16.9 Å². The van der Waals surface area contributed by atoms with E-state index in [1.165, 1.54) is 5.56 Å². The molecule has 3 heterocycles. The highest BCUT2D eigenvalue weighted by Gasteiger charge is 2.22. The van der Waals surface area contributed by atoms with Gasteiger partial charge in [0, 0.05) is 31.4 Å². The molecule has 0 aliphatic carbocycles. The molecule has 2 unspecified atom stereocenters. The van der Waals surface area contributed by atoms with Crippen molar-refractivity contribution in [1.82, 2.24) is 15.3 Å². The SMILES string of the molecule is CC1CN(c2ccc3[nH]cc(C(C)C)c3n2)CC(C)N1. The Hall–Kier alpha value is -1.55. The van der Waals surface area contributed by atoms with E-state index in [0.29, 0.717) is 18.0 Å². The summed E-state index contributed by atoms with van der Waals surface area (Å²) in [6, 6.07) is 5.30. The van der Waals surface area contributed by atoms with Crippen molar-refractivity contribution in [1.29, 1.82) is 0 Å². The van der Waals surface area contributed by atoms with Crippen molar-refractivity contribution in [2.45, 2.75) is 45.7 Å². The maximum absolute atomic E-state index is 4.92. The predicted octanol–water partition coefficient (Wildman–Crippen LogP) is 2.87. The van der Waals surface area contributed by atoms with Crippen molar-refractivity contribution in [2.24, 2.45) is 0 Å². The third-order valence-electron chi connectivity index (χ3n) is 4.04. The number of rotatable bonds is 2. The maximum Gasteiger partial charge on any atom is 0.129 e. The summed E-state index contributed by atoms with van der Waals surface area (Å²) in [4.78, 5) is 10.6. The number of nitrogens with zero attached hydrogens (tertiary/aromatic N) is 2.